The third kappa shape index (κ3) is 2.11. The lowest BCUT2D eigenvalue weighted by Gasteiger charge is -1.98. The van der Waals surface area contributed by atoms with E-state index in [1.165, 1.54) is 11.1 Å². The molecule has 1 heterocycles. The van der Waals surface area contributed by atoms with Gasteiger partial charge in [-0.1, -0.05) is 41.9 Å². The van der Waals surface area contributed by atoms with E-state index in [9.17, 15) is 0 Å². The highest BCUT2D eigenvalue weighted by atomic mass is 35.5. The van der Waals surface area contributed by atoms with Gasteiger partial charge in [0.05, 0.1) is 4.34 Å². The van der Waals surface area contributed by atoms with Crippen LogP contribution in [-0.2, 0) is 6.42 Å². The first-order chi connectivity index (χ1) is 6.36. The summed E-state index contributed by atoms with van der Waals surface area (Å²) in [6, 6.07) is 12.5. The van der Waals surface area contributed by atoms with Crippen LogP contribution in [0.4, 0.5) is 0 Å². The zero-order valence-electron chi connectivity index (χ0n) is 7.03. The summed E-state index contributed by atoms with van der Waals surface area (Å²) in [5, 5.41) is 2.03. The van der Waals surface area contributed by atoms with Gasteiger partial charge < -0.3 is 0 Å². The van der Waals surface area contributed by atoms with Gasteiger partial charge in [0.15, 0.2) is 0 Å². The average Bonchev–Trinajstić information content (AvgIpc) is 2.54. The summed E-state index contributed by atoms with van der Waals surface area (Å²) >= 11 is 7.60. The van der Waals surface area contributed by atoms with E-state index in [1.807, 2.05) is 11.4 Å². The Morgan fingerprint density at radius 2 is 1.85 bits per heavy atom. The van der Waals surface area contributed by atoms with Crippen LogP contribution in [-0.4, -0.2) is 0 Å². The Labute approximate surface area is 86.8 Å². The Bertz CT molecular complexity index is 378. The monoisotopic (exact) mass is 208 g/mol. The Morgan fingerprint density at radius 3 is 2.46 bits per heavy atom. The number of hydrogen-bond acceptors (Lipinski definition) is 1. The van der Waals surface area contributed by atoms with Crippen molar-refractivity contribution in [2.75, 3.05) is 0 Å². The predicted octanol–water partition coefficient (Wildman–Crippen LogP) is 3.99. The molecule has 0 bridgehead atoms. The van der Waals surface area contributed by atoms with Crippen LogP contribution in [0.2, 0.25) is 4.34 Å². The number of rotatable bonds is 2. The molecule has 0 aliphatic rings. The van der Waals surface area contributed by atoms with Gasteiger partial charge in [-0.2, -0.15) is 0 Å². The molecule has 0 amide bonds. The van der Waals surface area contributed by atoms with E-state index >= 15 is 0 Å². The van der Waals surface area contributed by atoms with E-state index in [0.29, 0.717) is 0 Å². The molecule has 0 spiro atoms. The van der Waals surface area contributed by atoms with Crippen LogP contribution in [0.15, 0.2) is 41.8 Å². The fourth-order valence-electron chi connectivity index (χ4n) is 1.26. The van der Waals surface area contributed by atoms with Gasteiger partial charge >= 0.3 is 0 Å². The van der Waals surface area contributed by atoms with Crippen molar-refractivity contribution in [3.8, 4) is 0 Å². The molecule has 0 aliphatic carbocycles. The summed E-state index contributed by atoms with van der Waals surface area (Å²) in [7, 11) is 0. The summed E-state index contributed by atoms with van der Waals surface area (Å²) in [6.07, 6.45) is 0.934. The lowest BCUT2D eigenvalue weighted by atomic mass is 10.1. The molecule has 2 heteroatoms. The molecule has 0 fully saturated rings. The van der Waals surface area contributed by atoms with Gasteiger partial charge in [0, 0.05) is 0 Å². The first-order valence-electron chi connectivity index (χ1n) is 4.12. The van der Waals surface area contributed by atoms with Gasteiger partial charge in [0.25, 0.3) is 0 Å². The van der Waals surface area contributed by atoms with Gasteiger partial charge in [-0.3, -0.25) is 0 Å². The zero-order valence-corrected chi connectivity index (χ0v) is 8.61. The fourth-order valence-corrected chi connectivity index (χ4v) is 2.19. The molecule has 0 nitrogen and oxygen atoms in total. The third-order valence-electron chi connectivity index (χ3n) is 1.93. The lowest BCUT2D eigenvalue weighted by molar-refractivity contribution is 1.21. The van der Waals surface area contributed by atoms with Crippen molar-refractivity contribution in [3.63, 3.8) is 0 Å². The van der Waals surface area contributed by atoms with Crippen molar-refractivity contribution >= 4 is 22.9 Å². The van der Waals surface area contributed by atoms with E-state index in [0.717, 1.165) is 10.8 Å². The predicted molar refractivity (Wildman–Crippen MR) is 58.6 cm³/mol. The number of halogens is 1. The first-order valence-corrected chi connectivity index (χ1v) is 5.38. The molecule has 66 valence electrons. The molecule has 0 unspecified atom stereocenters. The van der Waals surface area contributed by atoms with Crippen molar-refractivity contribution in [2.24, 2.45) is 0 Å². The number of thiophene rings is 1. The summed E-state index contributed by atoms with van der Waals surface area (Å²) in [4.78, 5) is 0. The molecule has 0 saturated heterocycles. The molecule has 1 aromatic carbocycles. The SMILES string of the molecule is Clc1sccc1Cc1ccccc1. The molecule has 2 rings (SSSR count). The molecule has 0 radical (unpaired) electrons. The van der Waals surface area contributed by atoms with Crippen LogP contribution in [0.5, 0.6) is 0 Å². The first kappa shape index (κ1) is 8.79. The molecule has 0 saturated carbocycles. The van der Waals surface area contributed by atoms with Crippen molar-refractivity contribution in [2.45, 2.75) is 6.42 Å². The minimum absolute atomic E-state index is 0.906. The maximum absolute atomic E-state index is 6.01. The van der Waals surface area contributed by atoms with Gasteiger partial charge in [0.1, 0.15) is 0 Å². The van der Waals surface area contributed by atoms with Gasteiger partial charge in [0.2, 0.25) is 0 Å². The topological polar surface area (TPSA) is 0 Å². The Kier molecular flexibility index (Phi) is 2.67. The highest BCUT2D eigenvalue weighted by Gasteiger charge is 2.01. The highest BCUT2D eigenvalue weighted by Crippen LogP contribution is 2.24. The summed E-state index contributed by atoms with van der Waals surface area (Å²) in [5.41, 5.74) is 2.53. The van der Waals surface area contributed by atoms with E-state index in [1.54, 1.807) is 11.3 Å². The van der Waals surface area contributed by atoms with Gasteiger partial charge in [-0.25, -0.2) is 0 Å². The molecule has 0 aliphatic heterocycles. The minimum atomic E-state index is 0.906. The van der Waals surface area contributed by atoms with Crippen molar-refractivity contribution < 1.29 is 0 Å². The second kappa shape index (κ2) is 3.95. The molecule has 13 heavy (non-hydrogen) atoms. The van der Waals surface area contributed by atoms with Crippen molar-refractivity contribution in [3.05, 3.63) is 57.2 Å². The Morgan fingerprint density at radius 1 is 1.08 bits per heavy atom. The van der Waals surface area contributed by atoms with E-state index in [-0.39, 0.29) is 0 Å². The summed E-state index contributed by atoms with van der Waals surface area (Å²) < 4.78 is 0.906. The quantitative estimate of drug-likeness (QED) is 0.700. The van der Waals surface area contributed by atoms with Crippen LogP contribution in [0.25, 0.3) is 0 Å². The second-order valence-corrected chi connectivity index (χ2v) is 4.40. The standard InChI is InChI=1S/C11H9ClS/c12-11-10(6-7-13-11)8-9-4-2-1-3-5-9/h1-7H,8H2. The Balaban J connectivity index is 2.20. The zero-order chi connectivity index (χ0) is 9.10. The average molecular weight is 209 g/mol. The molecule has 0 atom stereocenters. The summed E-state index contributed by atoms with van der Waals surface area (Å²) in [5.74, 6) is 0. The van der Waals surface area contributed by atoms with E-state index in [4.69, 9.17) is 11.6 Å². The van der Waals surface area contributed by atoms with Crippen LogP contribution < -0.4 is 0 Å². The van der Waals surface area contributed by atoms with E-state index < -0.39 is 0 Å². The van der Waals surface area contributed by atoms with Gasteiger partial charge in [-0.05, 0) is 29.0 Å². The largest absolute Gasteiger partial charge is 0.132 e. The number of hydrogen-bond donors (Lipinski definition) is 0. The van der Waals surface area contributed by atoms with Gasteiger partial charge in [-0.15, -0.1) is 11.3 Å². The number of benzene rings is 1. The molecule has 2 aromatic rings. The third-order valence-corrected chi connectivity index (χ3v) is 3.18. The smallest absolute Gasteiger partial charge is 0.0963 e. The maximum atomic E-state index is 6.01. The fraction of sp³-hybridized carbons (Fsp3) is 0.0909. The molecular formula is C11H9ClS. The van der Waals surface area contributed by atoms with Crippen LogP contribution in [0, 0.1) is 0 Å². The maximum Gasteiger partial charge on any atom is 0.0963 e. The van der Waals surface area contributed by atoms with Crippen LogP contribution in [0.3, 0.4) is 0 Å². The normalized spacial score (nSPS) is 10.2. The molecule has 1 aromatic heterocycles. The molecule has 0 N–H and O–H groups in total. The minimum Gasteiger partial charge on any atom is -0.132 e. The van der Waals surface area contributed by atoms with Crippen molar-refractivity contribution in [1.29, 1.82) is 0 Å². The van der Waals surface area contributed by atoms with Crippen LogP contribution in [0.1, 0.15) is 11.1 Å². The second-order valence-electron chi connectivity index (χ2n) is 2.88. The lowest BCUT2D eigenvalue weighted by Crippen LogP contribution is -1.84. The Hall–Kier alpha value is -0.790. The van der Waals surface area contributed by atoms with E-state index in [2.05, 4.69) is 30.3 Å². The highest BCUT2D eigenvalue weighted by molar-refractivity contribution is 7.14. The molecular weight excluding hydrogens is 200 g/mol. The van der Waals surface area contributed by atoms with Crippen molar-refractivity contribution in [1.82, 2.24) is 0 Å². The summed E-state index contributed by atoms with van der Waals surface area (Å²) in [6.45, 7) is 0. The van der Waals surface area contributed by atoms with Crippen LogP contribution >= 0.6 is 22.9 Å².